The van der Waals surface area contributed by atoms with Crippen molar-refractivity contribution in [2.45, 2.75) is 25.8 Å². The molecule has 3 rings (SSSR count). The molecule has 0 aromatic heterocycles. The maximum Gasteiger partial charge on any atom is 0.239 e. The van der Waals surface area contributed by atoms with Crippen LogP contribution in [0, 0.1) is 5.82 Å². The molecule has 0 saturated carbocycles. The predicted octanol–water partition coefficient (Wildman–Crippen LogP) is 1.39. The average Bonchev–Trinajstić information content (AvgIpc) is 3.15. The summed E-state index contributed by atoms with van der Waals surface area (Å²) in [7, 11) is 0. The number of anilines is 1. The normalized spacial score (nSPS) is 20.2. The van der Waals surface area contributed by atoms with E-state index in [-0.39, 0.29) is 30.2 Å². The SMILES string of the molecule is CC(C(=O)N1CCCC1)N1CCN(CC(=O)Nc2cccc(F)c2)CC1. The summed E-state index contributed by atoms with van der Waals surface area (Å²) >= 11 is 0. The van der Waals surface area contributed by atoms with E-state index < -0.39 is 0 Å². The van der Waals surface area contributed by atoms with Crippen molar-refractivity contribution in [3.05, 3.63) is 30.1 Å². The van der Waals surface area contributed by atoms with E-state index in [1.807, 2.05) is 11.8 Å². The second-order valence-corrected chi connectivity index (χ2v) is 7.08. The Bertz CT molecular complexity index is 640. The lowest BCUT2D eigenvalue weighted by atomic mass is 10.2. The summed E-state index contributed by atoms with van der Waals surface area (Å²) in [5, 5.41) is 2.72. The minimum atomic E-state index is -0.368. The van der Waals surface area contributed by atoms with Crippen molar-refractivity contribution in [3.8, 4) is 0 Å². The van der Waals surface area contributed by atoms with Crippen molar-refractivity contribution in [1.82, 2.24) is 14.7 Å². The Morgan fingerprint density at radius 1 is 1.12 bits per heavy atom. The van der Waals surface area contributed by atoms with Crippen LogP contribution in [0.2, 0.25) is 0 Å². The lowest BCUT2D eigenvalue weighted by Gasteiger charge is -2.38. The molecule has 2 aliphatic heterocycles. The number of nitrogens with one attached hydrogen (secondary N) is 1. The van der Waals surface area contributed by atoms with Crippen molar-refractivity contribution in [1.29, 1.82) is 0 Å². The van der Waals surface area contributed by atoms with Gasteiger partial charge in [-0.1, -0.05) is 6.07 Å². The topological polar surface area (TPSA) is 55.9 Å². The second kappa shape index (κ2) is 8.60. The van der Waals surface area contributed by atoms with Crippen LogP contribution in [0.5, 0.6) is 0 Å². The number of nitrogens with zero attached hydrogens (tertiary/aromatic N) is 3. The largest absolute Gasteiger partial charge is 0.341 e. The molecule has 2 heterocycles. The van der Waals surface area contributed by atoms with Crippen LogP contribution in [0.4, 0.5) is 10.1 Å². The van der Waals surface area contributed by atoms with Crippen LogP contribution >= 0.6 is 0 Å². The number of rotatable bonds is 5. The van der Waals surface area contributed by atoms with Gasteiger partial charge in [-0.15, -0.1) is 0 Å². The zero-order valence-electron chi connectivity index (χ0n) is 15.3. The van der Waals surface area contributed by atoms with E-state index in [0.29, 0.717) is 5.69 Å². The summed E-state index contributed by atoms with van der Waals surface area (Å²) in [6.07, 6.45) is 2.21. The molecule has 0 radical (unpaired) electrons. The predicted molar refractivity (Wildman–Crippen MR) is 98.3 cm³/mol. The molecule has 1 aromatic carbocycles. The highest BCUT2D eigenvalue weighted by atomic mass is 19.1. The van der Waals surface area contributed by atoms with Crippen LogP contribution in [0.15, 0.2) is 24.3 Å². The number of benzene rings is 1. The average molecular weight is 362 g/mol. The van der Waals surface area contributed by atoms with Crippen LogP contribution in [0.3, 0.4) is 0 Å². The van der Waals surface area contributed by atoms with E-state index >= 15 is 0 Å². The number of hydrogen-bond donors (Lipinski definition) is 1. The van der Waals surface area contributed by atoms with Crippen LogP contribution in [0.25, 0.3) is 0 Å². The van der Waals surface area contributed by atoms with Gasteiger partial charge in [0, 0.05) is 45.0 Å². The summed E-state index contributed by atoms with van der Waals surface area (Å²) in [5.74, 6) is -0.293. The van der Waals surface area contributed by atoms with Gasteiger partial charge in [-0.3, -0.25) is 19.4 Å². The molecule has 2 aliphatic rings. The fourth-order valence-electron chi connectivity index (χ4n) is 3.64. The van der Waals surface area contributed by atoms with Crippen LogP contribution in [0.1, 0.15) is 19.8 Å². The van der Waals surface area contributed by atoms with Crippen molar-refractivity contribution in [2.24, 2.45) is 0 Å². The maximum absolute atomic E-state index is 13.2. The molecule has 1 atom stereocenters. The molecule has 2 saturated heterocycles. The first-order valence-corrected chi connectivity index (χ1v) is 9.33. The Morgan fingerprint density at radius 2 is 1.81 bits per heavy atom. The molecule has 26 heavy (non-hydrogen) atoms. The second-order valence-electron chi connectivity index (χ2n) is 7.08. The lowest BCUT2D eigenvalue weighted by Crippen LogP contribution is -2.55. The van der Waals surface area contributed by atoms with Crippen LogP contribution in [-0.2, 0) is 9.59 Å². The zero-order valence-corrected chi connectivity index (χ0v) is 15.3. The fourth-order valence-corrected chi connectivity index (χ4v) is 3.64. The summed E-state index contributed by atoms with van der Waals surface area (Å²) in [6.45, 7) is 7.04. The van der Waals surface area contributed by atoms with E-state index in [4.69, 9.17) is 0 Å². The monoisotopic (exact) mass is 362 g/mol. The van der Waals surface area contributed by atoms with Crippen LogP contribution in [-0.4, -0.2) is 78.4 Å². The third kappa shape index (κ3) is 4.80. The van der Waals surface area contributed by atoms with Gasteiger partial charge in [0.05, 0.1) is 12.6 Å². The lowest BCUT2D eigenvalue weighted by molar-refractivity contribution is -0.136. The molecular formula is C19H27FN4O2. The minimum absolute atomic E-state index is 0.101. The molecule has 1 N–H and O–H groups in total. The molecular weight excluding hydrogens is 335 g/mol. The van der Waals surface area contributed by atoms with Crippen molar-refractivity contribution >= 4 is 17.5 Å². The molecule has 2 fully saturated rings. The van der Waals surface area contributed by atoms with E-state index in [1.165, 1.54) is 12.1 Å². The van der Waals surface area contributed by atoms with Crippen molar-refractivity contribution < 1.29 is 14.0 Å². The van der Waals surface area contributed by atoms with Gasteiger partial charge >= 0.3 is 0 Å². The molecule has 142 valence electrons. The number of carbonyl (C=O) groups excluding carboxylic acids is 2. The van der Waals surface area contributed by atoms with Gasteiger partial charge in [0.15, 0.2) is 0 Å². The molecule has 1 aromatic rings. The molecule has 0 aliphatic carbocycles. The number of likely N-dealkylation sites (tertiary alicyclic amines) is 1. The Hall–Kier alpha value is -1.99. The van der Waals surface area contributed by atoms with E-state index in [2.05, 4.69) is 15.1 Å². The highest BCUT2D eigenvalue weighted by molar-refractivity contribution is 5.92. The van der Waals surface area contributed by atoms with E-state index in [0.717, 1.165) is 52.1 Å². The van der Waals surface area contributed by atoms with Crippen molar-refractivity contribution in [3.63, 3.8) is 0 Å². The quantitative estimate of drug-likeness (QED) is 0.860. The zero-order chi connectivity index (χ0) is 18.5. The van der Waals surface area contributed by atoms with Gasteiger partial charge in [-0.05, 0) is 38.0 Å². The summed E-state index contributed by atoms with van der Waals surface area (Å²) in [5.41, 5.74) is 0.471. The third-order valence-corrected chi connectivity index (χ3v) is 5.21. The molecule has 0 spiro atoms. The first-order valence-electron chi connectivity index (χ1n) is 9.33. The Labute approximate surface area is 153 Å². The number of piperazine rings is 1. The molecule has 1 unspecified atom stereocenters. The minimum Gasteiger partial charge on any atom is -0.341 e. The first kappa shape index (κ1) is 18.8. The molecule has 6 nitrogen and oxygen atoms in total. The summed E-state index contributed by atoms with van der Waals surface area (Å²) < 4.78 is 13.2. The van der Waals surface area contributed by atoms with Gasteiger partial charge in [0.2, 0.25) is 11.8 Å². The Kier molecular flexibility index (Phi) is 6.21. The molecule has 7 heteroatoms. The van der Waals surface area contributed by atoms with E-state index in [1.54, 1.807) is 12.1 Å². The van der Waals surface area contributed by atoms with Gasteiger partial charge in [0.25, 0.3) is 0 Å². The number of carbonyl (C=O) groups is 2. The molecule has 0 bridgehead atoms. The van der Waals surface area contributed by atoms with Crippen molar-refractivity contribution in [2.75, 3.05) is 51.1 Å². The summed E-state index contributed by atoms with van der Waals surface area (Å²) in [6, 6.07) is 5.80. The fraction of sp³-hybridized carbons (Fsp3) is 0.579. The number of amides is 2. The Morgan fingerprint density at radius 3 is 2.46 bits per heavy atom. The van der Waals surface area contributed by atoms with Gasteiger partial charge < -0.3 is 10.2 Å². The Balaban J connectivity index is 1.43. The highest BCUT2D eigenvalue weighted by Crippen LogP contribution is 2.14. The van der Waals surface area contributed by atoms with E-state index in [9.17, 15) is 14.0 Å². The molecule has 2 amide bonds. The van der Waals surface area contributed by atoms with Gasteiger partial charge in [-0.2, -0.15) is 0 Å². The van der Waals surface area contributed by atoms with Crippen LogP contribution < -0.4 is 5.32 Å². The first-order chi connectivity index (χ1) is 12.5. The number of halogens is 1. The highest BCUT2D eigenvalue weighted by Gasteiger charge is 2.30. The number of hydrogen-bond acceptors (Lipinski definition) is 4. The smallest absolute Gasteiger partial charge is 0.239 e. The van der Waals surface area contributed by atoms with Gasteiger partial charge in [-0.25, -0.2) is 4.39 Å². The standard InChI is InChI=1S/C19H27FN4O2/c1-15(19(26)24-7-2-3-8-24)23-11-9-22(10-12-23)14-18(25)21-17-6-4-5-16(20)13-17/h4-6,13,15H,2-3,7-12,14H2,1H3,(H,21,25). The third-order valence-electron chi connectivity index (χ3n) is 5.21. The van der Waals surface area contributed by atoms with Gasteiger partial charge in [0.1, 0.15) is 5.82 Å². The summed E-state index contributed by atoms with van der Waals surface area (Å²) in [4.78, 5) is 30.9. The maximum atomic E-state index is 13.2.